The highest BCUT2D eigenvalue weighted by Gasteiger charge is 2.15. The van der Waals surface area contributed by atoms with Gasteiger partial charge < -0.3 is 10.6 Å². The van der Waals surface area contributed by atoms with E-state index in [0.717, 1.165) is 5.56 Å². The molecule has 2 nitrogen and oxygen atoms in total. The van der Waals surface area contributed by atoms with Crippen LogP contribution >= 0.6 is 0 Å². The van der Waals surface area contributed by atoms with Crippen LogP contribution < -0.4 is 10.6 Å². The molecular weight excluding hydrogens is 265 g/mol. The maximum Gasteiger partial charge on any atom is 0.149 e. The molecule has 0 atom stereocenters. The minimum atomic E-state index is -0.657. The summed E-state index contributed by atoms with van der Waals surface area (Å²) in [7, 11) is 1.58. The van der Waals surface area contributed by atoms with Gasteiger partial charge in [0, 0.05) is 20.1 Å². The van der Waals surface area contributed by atoms with Crippen LogP contribution in [0, 0.1) is 17.5 Å². The van der Waals surface area contributed by atoms with E-state index >= 15 is 0 Å². The van der Waals surface area contributed by atoms with Crippen molar-refractivity contribution < 1.29 is 13.2 Å². The van der Waals surface area contributed by atoms with E-state index in [0.29, 0.717) is 5.56 Å². The molecule has 0 aliphatic heterocycles. The normalized spacial score (nSPS) is 10.7. The molecule has 0 bridgehead atoms. The summed E-state index contributed by atoms with van der Waals surface area (Å²) in [5, 5.41) is 0. The first kappa shape index (κ1) is 14.4. The zero-order valence-electron chi connectivity index (χ0n) is 11.0. The molecule has 0 heterocycles. The molecule has 2 aromatic carbocycles. The van der Waals surface area contributed by atoms with Gasteiger partial charge in [0.25, 0.3) is 0 Å². The molecule has 5 heteroatoms. The smallest absolute Gasteiger partial charge is 0.149 e. The third-order valence-corrected chi connectivity index (χ3v) is 3.03. The Labute approximate surface area is 115 Å². The Morgan fingerprint density at radius 2 is 1.50 bits per heavy atom. The fraction of sp³-hybridized carbons (Fsp3) is 0.200. The van der Waals surface area contributed by atoms with Crippen LogP contribution in [0.1, 0.15) is 11.1 Å². The lowest BCUT2D eigenvalue weighted by atomic mass is 10.1. The van der Waals surface area contributed by atoms with Crippen LogP contribution in [-0.4, -0.2) is 7.05 Å². The number of rotatable bonds is 4. The fourth-order valence-electron chi connectivity index (χ4n) is 2.04. The lowest BCUT2D eigenvalue weighted by Crippen LogP contribution is -2.19. The van der Waals surface area contributed by atoms with Crippen molar-refractivity contribution >= 4 is 5.69 Å². The van der Waals surface area contributed by atoms with Crippen molar-refractivity contribution in [1.29, 1.82) is 0 Å². The first-order chi connectivity index (χ1) is 9.51. The minimum absolute atomic E-state index is 0.0792. The molecule has 0 aromatic heterocycles. The molecule has 20 heavy (non-hydrogen) atoms. The zero-order valence-corrected chi connectivity index (χ0v) is 11.0. The molecule has 2 aromatic rings. The summed E-state index contributed by atoms with van der Waals surface area (Å²) in [6, 6.07) is 8.23. The van der Waals surface area contributed by atoms with Gasteiger partial charge in [-0.2, -0.15) is 0 Å². The van der Waals surface area contributed by atoms with Gasteiger partial charge in [-0.3, -0.25) is 0 Å². The molecule has 0 unspecified atom stereocenters. The Balaban J connectivity index is 2.25. The molecule has 0 aliphatic rings. The second-order valence-corrected chi connectivity index (χ2v) is 4.59. The molecule has 0 saturated carbocycles. The SMILES string of the molecule is CN(Cc1ccc(F)cc1)c1c(F)cc(CN)cc1F. The van der Waals surface area contributed by atoms with Gasteiger partial charge in [0.15, 0.2) is 0 Å². The average molecular weight is 280 g/mol. The number of hydrogen-bond donors (Lipinski definition) is 1. The van der Waals surface area contributed by atoms with E-state index in [1.165, 1.54) is 29.2 Å². The average Bonchev–Trinajstić information content (AvgIpc) is 2.40. The highest BCUT2D eigenvalue weighted by molar-refractivity contribution is 5.50. The molecule has 0 spiro atoms. The van der Waals surface area contributed by atoms with Crippen molar-refractivity contribution in [2.75, 3.05) is 11.9 Å². The minimum Gasteiger partial charge on any atom is -0.366 e. The molecule has 0 amide bonds. The quantitative estimate of drug-likeness (QED) is 0.932. The van der Waals surface area contributed by atoms with Crippen molar-refractivity contribution in [2.24, 2.45) is 5.73 Å². The number of benzene rings is 2. The molecule has 0 aliphatic carbocycles. The summed E-state index contributed by atoms with van der Waals surface area (Å²) >= 11 is 0. The lowest BCUT2D eigenvalue weighted by molar-refractivity contribution is 0.573. The standard InChI is InChI=1S/C15H15F3N2/c1-20(9-10-2-4-12(16)5-3-10)15-13(17)6-11(8-19)7-14(15)18/h2-7H,8-9,19H2,1H3. The first-order valence-corrected chi connectivity index (χ1v) is 6.15. The molecular formula is C15H15F3N2. The van der Waals surface area contributed by atoms with Gasteiger partial charge in [-0.15, -0.1) is 0 Å². The highest BCUT2D eigenvalue weighted by atomic mass is 19.1. The third-order valence-electron chi connectivity index (χ3n) is 3.03. The maximum absolute atomic E-state index is 13.9. The summed E-state index contributed by atoms with van der Waals surface area (Å²) in [6.45, 7) is 0.353. The van der Waals surface area contributed by atoms with Crippen LogP contribution in [0.5, 0.6) is 0 Å². The largest absolute Gasteiger partial charge is 0.366 e. The monoisotopic (exact) mass is 280 g/mol. The van der Waals surface area contributed by atoms with Crippen LogP contribution in [0.4, 0.5) is 18.9 Å². The fourth-order valence-corrected chi connectivity index (χ4v) is 2.04. The van der Waals surface area contributed by atoms with E-state index < -0.39 is 11.6 Å². The van der Waals surface area contributed by atoms with Gasteiger partial charge in [0.1, 0.15) is 23.1 Å². The van der Waals surface area contributed by atoms with Gasteiger partial charge in [0.2, 0.25) is 0 Å². The number of nitrogens with two attached hydrogens (primary N) is 1. The van der Waals surface area contributed by atoms with E-state index in [1.54, 1.807) is 19.2 Å². The number of halogens is 3. The van der Waals surface area contributed by atoms with Crippen molar-refractivity contribution in [3.05, 3.63) is 65.0 Å². The van der Waals surface area contributed by atoms with E-state index in [-0.39, 0.29) is 24.6 Å². The predicted octanol–water partition coefficient (Wildman–Crippen LogP) is 3.20. The molecule has 0 saturated heterocycles. The Bertz CT molecular complexity index is 574. The summed E-state index contributed by atoms with van der Waals surface area (Å²) in [5.41, 5.74) is 6.41. The van der Waals surface area contributed by atoms with E-state index in [2.05, 4.69) is 0 Å². The lowest BCUT2D eigenvalue weighted by Gasteiger charge is -2.21. The van der Waals surface area contributed by atoms with Gasteiger partial charge in [-0.05, 0) is 35.4 Å². The van der Waals surface area contributed by atoms with Crippen molar-refractivity contribution in [3.63, 3.8) is 0 Å². The number of hydrogen-bond acceptors (Lipinski definition) is 2. The summed E-state index contributed by atoms with van der Waals surface area (Å²) in [5.74, 6) is -1.66. The Morgan fingerprint density at radius 3 is 2.00 bits per heavy atom. The van der Waals surface area contributed by atoms with Gasteiger partial charge in [-0.25, -0.2) is 13.2 Å². The second kappa shape index (κ2) is 5.96. The third kappa shape index (κ3) is 3.11. The van der Waals surface area contributed by atoms with Crippen LogP contribution in [0.3, 0.4) is 0 Å². The second-order valence-electron chi connectivity index (χ2n) is 4.59. The van der Waals surface area contributed by atoms with E-state index in [1.807, 2.05) is 0 Å². The van der Waals surface area contributed by atoms with Crippen LogP contribution in [0.25, 0.3) is 0 Å². The Kier molecular flexibility index (Phi) is 4.29. The number of anilines is 1. The Morgan fingerprint density at radius 1 is 0.950 bits per heavy atom. The summed E-state index contributed by atoms with van der Waals surface area (Å²) in [4.78, 5) is 1.44. The van der Waals surface area contributed by atoms with Crippen molar-refractivity contribution in [2.45, 2.75) is 13.1 Å². The topological polar surface area (TPSA) is 29.3 Å². The van der Waals surface area contributed by atoms with Gasteiger partial charge in [0.05, 0.1) is 0 Å². The van der Waals surface area contributed by atoms with E-state index in [4.69, 9.17) is 5.73 Å². The van der Waals surface area contributed by atoms with Crippen LogP contribution in [0.2, 0.25) is 0 Å². The zero-order chi connectivity index (χ0) is 14.7. The van der Waals surface area contributed by atoms with E-state index in [9.17, 15) is 13.2 Å². The van der Waals surface area contributed by atoms with Crippen molar-refractivity contribution in [1.82, 2.24) is 0 Å². The molecule has 106 valence electrons. The van der Waals surface area contributed by atoms with Crippen molar-refractivity contribution in [3.8, 4) is 0 Å². The van der Waals surface area contributed by atoms with Gasteiger partial charge in [-0.1, -0.05) is 12.1 Å². The molecule has 2 rings (SSSR count). The first-order valence-electron chi connectivity index (χ1n) is 6.15. The number of nitrogens with zero attached hydrogens (tertiary/aromatic N) is 1. The molecule has 0 fully saturated rings. The maximum atomic E-state index is 13.9. The summed E-state index contributed by atoms with van der Waals surface area (Å²) in [6.07, 6.45) is 0. The molecule has 2 N–H and O–H groups in total. The highest BCUT2D eigenvalue weighted by Crippen LogP contribution is 2.25. The Hall–Kier alpha value is -2.01. The van der Waals surface area contributed by atoms with Crippen LogP contribution in [-0.2, 0) is 13.1 Å². The van der Waals surface area contributed by atoms with Crippen LogP contribution in [0.15, 0.2) is 36.4 Å². The molecule has 0 radical (unpaired) electrons. The van der Waals surface area contributed by atoms with Gasteiger partial charge >= 0.3 is 0 Å². The summed E-state index contributed by atoms with van der Waals surface area (Å²) < 4.78 is 40.6. The predicted molar refractivity (Wildman–Crippen MR) is 72.8 cm³/mol.